The summed E-state index contributed by atoms with van der Waals surface area (Å²) in [5, 5.41) is 20.0. The molecule has 4 aromatic carbocycles. The maximum absolute atomic E-state index is 10.00. The van der Waals surface area contributed by atoms with Gasteiger partial charge in [0.15, 0.2) is 0 Å². The van der Waals surface area contributed by atoms with Crippen LogP contribution in [0.4, 0.5) is 0 Å². The van der Waals surface area contributed by atoms with Crippen molar-refractivity contribution in [2.24, 2.45) is 0 Å². The molecule has 5 aromatic rings. The molecule has 0 fully saturated rings. The smallest absolute Gasteiger partial charge is 0.142 e. The molecule has 31 heavy (non-hydrogen) atoms. The number of phenols is 2. The number of rotatable bonds is 2. The van der Waals surface area contributed by atoms with Gasteiger partial charge in [0.25, 0.3) is 0 Å². The van der Waals surface area contributed by atoms with Crippen LogP contribution in [0.3, 0.4) is 0 Å². The van der Waals surface area contributed by atoms with Crippen molar-refractivity contribution >= 4 is 11.0 Å². The molecule has 0 atom stereocenters. The summed E-state index contributed by atoms with van der Waals surface area (Å²) < 4.78 is 2.30. The molecule has 0 aliphatic carbocycles. The molecule has 4 nitrogen and oxygen atoms in total. The normalized spacial score (nSPS) is 13.8. The molecule has 4 heteroatoms. The van der Waals surface area contributed by atoms with Crippen LogP contribution < -0.4 is 0 Å². The molecule has 1 aliphatic rings. The number of imidazole rings is 1. The van der Waals surface area contributed by atoms with E-state index in [-0.39, 0.29) is 11.5 Å². The standard InChI is InChI=1S/C27H20N2O2/c1-17-6-15-24-25(16-17)29-26(28-24)22-4-2-3-5-23(22)27(29,18-7-11-20(30)12-8-18)19-9-13-21(31)14-10-19/h2-16,30-31H,1H3. The average Bonchev–Trinajstić information content (AvgIpc) is 3.29. The lowest BCUT2D eigenvalue weighted by molar-refractivity contribution is 0.472. The number of benzene rings is 4. The van der Waals surface area contributed by atoms with Crippen LogP contribution in [0, 0.1) is 6.92 Å². The van der Waals surface area contributed by atoms with E-state index in [9.17, 15) is 10.2 Å². The van der Waals surface area contributed by atoms with Crippen LogP contribution in [0.1, 0.15) is 22.3 Å². The second kappa shape index (κ2) is 6.22. The van der Waals surface area contributed by atoms with Crippen molar-refractivity contribution in [1.82, 2.24) is 9.55 Å². The van der Waals surface area contributed by atoms with Crippen molar-refractivity contribution in [1.29, 1.82) is 0 Å². The molecule has 0 saturated heterocycles. The van der Waals surface area contributed by atoms with Crippen molar-refractivity contribution in [3.8, 4) is 22.9 Å². The highest BCUT2D eigenvalue weighted by atomic mass is 16.3. The van der Waals surface area contributed by atoms with Crippen LogP contribution in [-0.4, -0.2) is 19.8 Å². The second-order valence-corrected chi connectivity index (χ2v) is 8.11. The Morgan fingerprint density at radius 3 is 2.00 bits per heavy atom. The zero-order valence-corrected chi connectivity index (χ0v) is 16.9. The molecular formula is C27H20N2O2. The summed E-state index contributed by atoms with van der Waals surface area (Å²) in [6.07, 6.45) is 0. The summed E-state index contributed by atoms with van der Waals surface area (Å²) in [6.45, 7) is 2.09. The fourth-order valence-corrected chi connectivity index (χ4v) is 4.96. The molecule has 1 aliphatic heterocycles. The Morgan fingerprint density at radius 2 is 1.35 bits per heavy atom. The lowest BCUT2D eigenvalue weighted by Gasteiger charge is -2.35. The maximum atomic E-state index is 10.00. The molecule has 0 spiro atoms. The highest BCUT2D eigenvalue weighted by Crippen LogP contribution is 2.53. The number of phenolic OH excluding ortho intramolecular Hbond substituents is 2. The van der Waals surface area contributed by atoms with Crippen LogP contribution in [0.5, 0.6) is 11.5 Å². The molecule has 2 heterocycles. The fraction of sp³-hybridized carbons (Fsp3) is 0.0741. The van der Waals surface area contributed by atoms with E-state index in [4.69, 9.17) is 4.98 Å². The molecule has 6 rings (SSSR count). The summed E-state index contributed by atoms with van der Waals surface area (Å²) >= 11 is 0. The van der Waals surface area contributed by atoms with Gasteiger partial charge in [0, 0.05) is 5.56 Å². The van der Waals surface area contributed by atoms with Gasteiger partial charge in [-0.2, -0.15) is 0 Å². The Labute approximate surface area is 179 Å². The number of hydrogen-bond donors (Lipinski definition) is 2. The van der Waals surface area contributed by atoms with E-state index >= 15 is 0 Å². The SMILES string of the molecule is Cc1ccc2nc3n(c2c1)C(c1ccc(O)cc1)(c1ccc(O)cc1)c1ccccc1-3. The first-order valence-electron chi connectivity index (χ1n) is 10.3. The van der Waals surface area contributed by atoms with Crippen LogP contribution in [0.15, 0.2) is 91.0 Å². The van der Waals surface area contributed by atoms with Gasteiger partial charge in [-0.05, 0) is 65.6 Å². The number of aromatic nitrogens is 2. The Kier molecular flexibility index (Phi) is 3.57. The average molecular weight is 404 g/mol. The third-order valence-corrected chi connectivity index (χ3v) is 6.27. The van der Waals surface area contributed by atoms with Gasteiger partial charge in [-0.3, -0.25) is 0 Å². The van der Waals surface area contributed by atoms with Gasteiger partial charge < -0.3 is 14.8 Å². The van der Waals surface area contributed by atoms with Crippen LogP contribution in [0.2, 0.25) is 0 Å². The first-order chi connectivity index (χ1) is 15.1. The highest BCUT2D eigenvalue weighted by molar-refractivity contribution is 5.88. The molecule has 2 N–H and O–H groups in total. The molecule has 0 radical (unpaired) electrons. The van der Waals surface area contributed by atoms with E-state index in [0.29, 0.717) is 0 Å². The lowest BCUT2D eigenvalue weighted by Crippen LogP contribution is -2.34. The molecule has 0 amide bonds. The van der Waals surface area contributed by atoms with Gasteiger partial charge in [-0.1, -0.05) is 54.6 Å². The van der Waals surface area contributed by atoms with E-state index in [2.05, 4.69) is 41.8 Å². The number of hydrogen-bond acceptors (Lipinski definition) is 3. The van der Waals surface area contributed by atoms with E-state index < -0.39 is 5.54 Å². The van der Waals surface area contributed by atoms with Crippen molar-refractivity contribution < 1.29 is 10.2 Å². The first kappa shape index (κ1) is 17.8. The monoisotopic (exact) mass is 404 g/mol. The number of aryl methyl sites for hydroxylation is 1. The van der Waals surface area contributed by atoms with Gasteiger partial charge in [0.2, 0.25) is 0 Å². The Hall–Kier alpha value is -4.05. The van der Waals surface area contributed by atoms with Gasteiger partial charge in [-0.15, -0.1) is 0 Å². The maximum Gasteiger partial charge on any atom is 0.142 e. The van der Waals surface area contributed by atoms with Crippen molar-refractivity contribution in [2.45, 2.75) is 12.5 Å². The second-order valence-electron chi connectivity index (χ2n) is 8.11. The third kappa shape index (κ3) is 2.33. The number of nitrogens with zero attached hydrogens (tertiary/aromatic N) is 2. The largest absolute Gasteiger partial charge is 0.508 e. The minimum atomic E-state index is -0.685. The molecule has 0 bridgehead atoms. The summed E-state index contributed by atoms with van der Waals surface area (Å²) in [6, 6.07) is 29.4. The molecule has 0 unspecified atom stereocenters. The van der Waals surface area contributed by atoms with Crippen LogP contribution >= 0.6 is 0 Å². The summed E-state index contributed by atoms with van der Waals surface area (Å²) in [5.74, 6) is 1.36. The zero-order valence-electron chi connectivity index (χ0n) is 16.9. The molecule has 1 aromatic heterocycles. The van der Waals surface area contributed by atoms with Gasteiger partial charge in [0.05, 0.1) is 11.0 Å². The predicted molar refractivity (Wildman–Crippen MR) is 121 cm³/mol. The topological polar surface area (TPSA) is 58.3 Å². The number of fused-ring (bicyclic) bond motifs is 5. The molecular weight excluding hydrogens is 384 g/mol. The minimum absolute atomic E-state index is 0.224. The Morgan fingerprint density at radius 1 is 0.742 bits per heavy atom. The van der Waals surface area contributed by atoms with E-state index in [1.54, 1.807) is 24.3 Å². The zero-order chi connectivity index (χ0) is 21.2. The van der Waals surface area contributed by atoms with Crippen LogP contribution in [0.25, 0.3) is 22.4 Å². The van der Waals surface area contributed by atoms with Gasteiger partial charge in [0.1, 0.15) is 22.9 Å². The first-order valence-corrected chi connectivity index (χ1v) is 10.3. The number of aromatic hydroxyl groups is 2. The summed E-state index contributed by atoms with van der Waals surface area (Å²) in [4.78, 5) is 5.02. The van der Waals surface area contributed by atoms with Gasteiger partial charge >= 0.3 is 0 Å². The Bertz CT molecular complexity index is 1400. The molecule has 0 saturated carbocycles. The highest BCUT2D eigenvalue weighted by Gasteiger charge is 2.47. The third-order valence-electron chi connectivity index (χ3n) is 6.27. The van der Waals surface area contributed by atoms with Crippen molar-refractivity contribution in [3.05, 3.63) is 113 Å². The minimum Gasteiger partial charge on any atom is -0.508 e. The molecule has 150 valence electrons. The summed E-state index contributed by atoms with van der Waals surface area (Å²) in [7, 11) is 0. The van der Waals surface area contributed by atoms with E-state index in [0.717, 1.165) is 44.7 Å². The fourth-order valence-electron chi connectivity index (χ4n) is 4.96. The van der Waals surface area contributed by atoms with Gasteiger partial charge in [-0.25, -0.2) is 4.98 Å². The Balaban J connectivity index is 1.84. The predicted octanol–water partition coefficient (Wildman–Crippen LogP) is 5.58. The van der Waals surface area contributed by atoms with Crippen LogP contribution in [-0.2, 0) is 5.54 Å². The van der Waals surface area contributed by atoms with Crippen molar-refractivity contribution in [2.75, 3.05) is 0 Å². The summed E-state index contributed by atoms with van der Waals surface area (Å²) in [5.41, 5.74) is 6.71. The van der Waals surface area contributed by atoms with Crippen molar-refractivity contribution in [3.63, 3.8) is 0 Å². The van der Waals surface area contributed by atoms with E-state index in [1.165, 1.54) is 0 Å². The quantitative estimate of drug-likeness (QED) is 0.396. The van der Waals surface area contributed by atoms with E-state index in [1.807, 2.05) is 36.4 Å². The lowest BCUT2D eigenvalue weighted by atomic mass is 9.77.